The highest BCUT2D eigenvalue weighted by atomic mass is 79.9. The van der Waals surface area contributed by atoms with Gasteiger partial charge in [0.15, 0.2) is 0 Å². The minimum absolute atomic E-state index is 0.349. The lowest BCUT2D eigenvalue weighted by molar-refractivity contribution is -0.134. The van der Waals surface area contributed by atoms with E-state index in [4.69, 9.17) is 15.0 Å². The van der Waals surface area contributed by atoms with Gasteiger partial charge in [-0.3, -0.25) is 4.79 Å². The molecule has 0 unspecified atom stereocenters. The fourth-order valence-corrected chi connectivity index (χ4v) is 0.956. The van der Waals surface area contributed by atoms with Gasteiger partial charge in [-0.15, -0.1) is 0 Å². The molecule has 0 spiro atoms. The summed E-state index contributed by atoms with van der Waals surface area (Å²) < 4.78 is 0. The summed E-state index contributed by atoms with van der Waals surface area (Å²) in [6.07, 6.45) is 4.61. The highest BCUT2D eigenvalue weighted by molar-refractivity contribution is 9.09. The van der Waals surface area contributed by atoms with Crippen molar-refractivity contribution in [3.8, 4) is 0 Å². The molecule has 0 aliphatic rings. The minimum Gasteiger partial charge on any atom is -0.481 e. The molecule has 0 aromatic rings. The first-order valence-corrected chi connectivity index (χ1v) is 5.13. The molecular formula is C8H17BrO3. The Morgan fingerprint density at radius 2 is 1.67 bits per heavy atom. The van der Waals surface area contributed by atoms with Crippen LogP contribution in [-0.2, 0) is 4.79 Å². The van der Waals surface area contributed by atoms with Crippen molar-refractivity contribution < 1.29 is 15.0 Å². The first-order valence-electron chi connectivity index (χ1n) is 4.01. The Morgan fingerprint density at radius 3 is 2.00 bits per heavy atom. The van der Waals surface area contributed by atoms with Gasteiger partial charge in [-0.25, -0.2) is 0 Å². The van der Waals surface area contributed by atoms with Crippen molar-refractivity contribution in [2.45, 2.75) is 32.6 Å². The summed E-state index contributed by atoms with van der Waals surface area (Å²) in [5, 5.41) is 16.9. The maximum Gasteiger partial charge on any atom is 0.300 e. The SMILES string of the molecule is CC(=O)O.OCCCCCCBr. The summed E-state index contributed by atoms with van der Waals surface area (Å²) in [5.74, 6) is -0.833. The van der Waals surface area contributed by atoms with E-state index < -0.39 is 5.97 Å². The second-order valence-corrected chi connectivity index (χ2v) is 3.14. The number of carboxylic acid groups (broad SMARTS) is 1. The Balaban J connectivity index is 0. The molecule has 3 nitrogen and oxygen atoms in total. The number of aliphatic carboxylic acids is 1. The normalized spacial score (nSPS) is 8.58. The van der Waals surface area contributed by atoms with Crippen LogP contribution < -0.4 is 0 Å². The molecule has 0 atom stereocenters. The summed E-state index contributed by atoms with van der Waals surface area (Å²) >= 11 is 3.34. The first-order chi connectivity index (χ1) is 5.65. The highest BCUT2D eigenvalue weighted by Gasteiger charge is 1.84. The van der Waals surface area contributed by atoms with Gasteiger partial charge in [-0.05, 0) is 12.8 Å². The van der Waals surface area contributed by atoms with Gasteiger partial charge >= 0.3 is 0 Å². The average molecular weight is 241 g/mol. The van der Waals surface area contributed by atoms with E-state index in [0.29, 0.717) is 6.61 Å². The molecule has 0 aliphatic carbocycles. The molecule has 0 amide bonds. The number of alkyl halides is 1. The van der Waals surface area contributed by atoms with Gasteiger partial charge in [0.05, 0.1) is 0 Å². The van der Waals surface area contributed by atoms with Crippen LogP contribution in [0.25, 0.3) is 0 Å². The molecule has 0 bridgehead atoms. The minimum atomic E-state index is -0.833. The van der Waals surface area contributed by atoms with E-state index in [1.54, 1.807) is 0 Å². The van der Waals surface area contributed by atoms with E-state index >= 15 is 0 Å². The third-order valence-corrected chi connectivity index (χ3v) is 1.60. The number of hydrogen-bond acceptors (Lipinski definition) is 2. The molecule has 12 heavy (non-hydrogen) atoms. The molecule has 0 aromatic heterocycles. The average Bonchev–Trinajstić information content (AvgIpc) is 1.97. The molecule has 4 heteroatoms. The van der Waals surface area contributed by atoms with Gasteiger partial charge in [-0.1, -0.05) is 28.8 Å². The lowest BCUT2D eigenvalue weighted by atomic mass is 10.2. The van der Waals surface area contributed by atoms with Crippen molar-refractivity contribution in [3.05, 3.63) is 0 Å². The topological polar surface area (TPSA) is 57.5 Å². The van der Waals surface area contributed by atoms with Crippen molar-refractivity contribution in [1.82, 2.24) is 0 Å². The number of hydrogen-bond donors (Lipinski definition) is 2. The zero-order valence-electron chi connectivity index (χ0n) is 7.42. The van der Waals surface area contributed by atoms with E-state index in [9.17, 15) is 0 Å². The van der Waals surface area contributed by atoms with Crippen LogP contribution in [0.2, 0.25) is 0 Å². The van der Waals surface area contributed by atoms with Crippen LogP contribution in [0.1, 0.15) is 32.6 Å². The fourth-order valence-electron chi connectivity index (χ4n) is 0.560. The largest absolute Gasteiger partial charge is 0.481 e. The molecule has 0 fully saturated rings. The van der Waals surface area contributed by atoms with Gasteiger partial charge in [0.2, 0.25) is 0 Å². The number of carbonyl (C=O) groups is 1. The Morgan fingerprint density at radius 1 is 1.25 bits per heavy atom. The molecular weight excluding hydrogens is 224 g/mol. The van der Waals surface area contributed by atoms with E-state index in [-0.39, 0.29) is 0 Å². The van der Waals surface area contributed by atoms with E-state index in [1.165, 1.54) is 19.3 Å². The van der Waals surface area contributed by atoms with Gasteiger partial charge < -0.3 is 10.2 Å². The number of aliphatic hydroxyl groups excluding tert-OH is 1. The van der Waals surface area contributed by atoms with Crippen LogP contribution in [-0.4, -0.2) is 28.1 Å². The Hall–Kier alpha value is -0.0900. The van der Waals surface area contributed by atoms with E-state index in [2.05, 4.69) is 15.9 Å². The summed E-state index contributed by atoms with van der Waals surface area (Å²) in [7, 11) is 0. The molecule has 74 valence electrons. The Bertz CT molecular complexity index is 86.3. The van der Waals surface area contributed by atoms with Crippen molar-refractivity contribution in [3.63, 3.8) is 0 Å². The molecule has 0 aliphatic heterocycles. The van der Waals surface area contributed by atoms with Crippen molar-refractivity contribution in [2.24, 2.45) is 0 Å². The first kappa shape index (κ1) is 14.4. The Kier molecular flexibility index (Phi) is 16.2. The van der Waals surface area contributed by atoms with Gasteiger partial charge in [0, 0.05) is 18.9 Å². The monoisotopic (exact) mass is 240 g/mol. The van der Waals surface area contributed by atoms with Crippen molar-refractivity contribution in [2.75, 3.05) is 11.9 Å². The second-order valence-electron chi connectivity index (χ2n) is 2.35. The van der Waals surface area contributed by atoms with Crippen LogP contribution in [0.4, 0.5) is 0 Å². The third kappa shape index (κ3) is 32.6. The van der Waals surface area contributed by atoms with Crippen molar-refractivity contribution in [1.29, 1.82) is 0 Å². The van der Waals surface area contributed by atoms with Gasteiger partial charge in [-0.2, -0.15) is 0 Å². The number of rotatable bonds is 5. The number of carboxylic acids is 1. The summed E-state index contributed by atoms with van der Waals surface area (Å²) in [6.45, 7) is 1.43. The smallest absolute Gasteiger partial charge is 0.300 e. The predicted molar refractivity (Wildman–Crippen MR) is 52.7 cm³/mol. The lowest BCUT2D eigenvalue weighted by Crippen LogP contribution is -1.82. The predicted octanol–water partition coefficient (Wildman–Crippen LogP) is 2.02. The van der Waals surface area contributed by atoms with E-state index in [1.807, 2.05) is 0 Å². The van der Waals surface area contributed by atoms with Gasteiger partial charge in [0.25, 0.3) is 5.97 Å². The molecule has 0 heterocycles. The van der Waals surface area contributed by atoms with Crippen molar-refractivity contribution >= 4 is 21.9 Å². The van der Waals surface area contributed by atoms with E-state index in [0.717, 1.165) is 18.7 Å². The summed E-state index contributed by atoms with van der Waals surface area (Å²) in [6, 6.07) is 0. The molecule has 2 N–H and O–H groups in total. The zero-order chi connectivity index (χ0) is 9.82. The quantitative estimate of drug-likeness (QED) is 0.572. The third-order valence-electron chi connectivity index (χ3n) is 1.04. The standard InChI is InChI=1S/C6H13BrO.C2H4O2/c7-5-3-1-2-4-6-8;1-2(3)4/h8H,1-6H2;1H3,(H,3,4). The summed E-state index contributed by atoms with van der Waals surface area (Å²) in [5.41, 5.74) is 0. The molecule has 0 aromatic carbocycles. The van der Waals surface area contributed by atoms with Crippen LogP contribution in [0, 0.1) is 0 Å². The maximum atomic E-state index is 9.00. The number of aliphatic hydroxyl groups is 1. The number of unbranched alkanes of at least 4 members (excludes halogenated alkanes) is 3. The Labute approximate surface area is 81.9 Å². The molecule has 0 radical (unpaired) electrons. The number of halogens is 1. The molecule has 0 saturated carbocycles. The maximum absolute atomic E-state index is 9.00. The van der Waals surface area contributed by atoms with Crippen LogP contribution in [0.15, 0.2) is 0 Å². The van der Waals surface area contributed by atoms with Crippen LogP contribution in [0.5, 0.6) is 0 Å². The lowest BCUT2D eigenvalue weighted by Gasteiger charge is -1.92. The fraction of sp³-hybridized carbons (Fsp3) is 0.875. The summed E-state index contributed by atoms with van der Waals surface area (Å²) in [4.78, 5) is 9.00. The van der Waals surface area contributed by atoms with Crippen LogP contribution in [0.3, 0.4) is 0 Å². The van der Waals surface area contributed by atoms with Gasteiger partial charge in [0.1, 0.15) is 0 Å². The highest BCUT2D eigenvalue weighted by Crippen LogP contribution is 2.00. The second kappa shape index (κ2) is 13.5. The molecule has 0 rings (SSSR count). The van der Waals surface area contributed by atoms with Crippen LogP contribution >= 0.6 is 15.9 Å². The zero-order valence-corrected chi connectivity index (χ0v) is 9.01. The molecule has 0 saturated heterocycles.